The first-order valence-corrected chi connectivity index (χ1v) is 8.65. The maximum atomic E-state index is 12.1. The first-order chi connectivity index (χ1) is 10.5. The number of hydrogen-bond acceptors (Lipinski definition) is 4. The summed E-state index contributed by atoms with van der Waals surface area (Å²) in [5.74, 6) is 0.134. The predicted octanol–water partition coefficient (Wildman–Crippen LogP) is 2.40. The summed E-state index contributed by atoms with van der Waals surface area (Å²) in [4.78, 5) is 30.9. The van der Waals surface area contributed by atoms with Crippen molar-refractivity contribution in [3.63, 3.8) is 0 Å². The molecule has 1 aliphatic rings. The summed E-state index contributed by atoms with van der Waals surface area (Å²) in [5, 5.41) is 6.39. The Morgan fingerprint density at radius 2 is 2.23 bits per heavy atom. The molecule has 3 amide bonds. The summed E-state index contributed by atoms with van der Waals surface area (Å²) in [7, 11) is 1.76. The monoisotopic (exact) mass is 324 g/mol. The molecule has 1 aliphatic heterocycles. The molecule has 1 aromatic heterocycles. The van der Waals surface area contributed by atoms with Crippen molar-refractivity contribution >= 4 is 28.4 Å². The zero-order valence-electron chi connectivity index (χ0n) is 13.4. The quantitative estimate of drug-likeness (QED) is 0.873. The molecular weight excluding hydrogens is 300 g/mol. The Morgan fingerprint density at radius 1 is 1.45 bits per heavy atom. The lowest BCUT2D eigenvalue weighted by atomic mass is 10.1. The number of thiazole rings is 1. The highest BCUT2D eigenvalue weighted by molar-refractivity contribution is 7.15. The van der Waals surface area contributed by atoms with E-state index in [0.717, 1.165) is 25.0 Å². The number of hydrogen-bond donors (Lipinski definition) is 2. The van der Waals surface area contributed by atoms with Crippen LogP contribution in [0.15, 0.2) is 0 Å². The van der Waals surface area contributed by atoms with E-state index in [1.54, 1.807) is 23.3 Å². The normalized spacial score (nSPS) is 18.4. The maximum absolute atomic E-state index is 12.1. The summed E-state index contributed by atoms with van der Waals surface area (Å²) in [5.41, 5.74) is 1.09. The molecule has 2 rings (SSSR count). The lowest BCUT2D eigenvalue weighted by molar-refractivity contribution is -0.132. The van der Waals surface area contributed by atoms with Crippen molar-refractivity contribution in [3.05, 3.63) is 10.6 Å². The van der Waals surface area contributed by atoms with Gasteiger partial charge in [0.1, 0.15) is 0 Å². The highest BCUT2D eigenvalue weighted by atomic mass is 32.1. The number of likely N-dealkylation sites (tertiary alicyclic amines) is 1. The van der Waals surface area contributed by atoms with E-state index in [0.29, 0.717) is 24.5 Å². The molecule has 6 nitrogen and oxygen atoms in total. The largest absolute Gasteiger partial charge is 0.344 e. The number of urea groups is 1. The van der Waals surface area contributed by atoms with E-state index in [-0.39, 0.29) is 18.0 Å². The van der Waals surface area contributed by atoms with Crippen molar-refractivity contribution < 1.29 is 9.59 Å². The lowest BCUT2D eigenvalue weighted by Gasteiger charge is -2.29. The number of carbonyl (C=O) groups excluding carboxylic acids is 2. The van der Waals surface area contributed by atoms with Crippen LogP contribution in [0.1, 0.15) is 43.7 Å². The van der Waals surface area contributed by atoms with E-state index in [4.69, 9.17) is 0 Å². The van der Waals surface area contributed by atoms with Gasteiger partial charge >= 0.3 is 6.03 Å². The number of rotatable bonds is 5. The first-order valence-electron chi connectivity index (χ1n) is 7.83. The summed E-state index contributed by atoms with van der Waals surface area (Å²) < 4.78 is 0. The Balaban J connectivity index is 1.90. The van der Waals surface area contributed by atoms with Crippen molar-refractivity contribution in [3.8, 4) is 0 Å². The fraction of sp³-hybridized carbons (Fsp3) is 0.667. The summed E-state index contributed by atoms with van der Waals surface area (Å²) in [6.45, 7) is 4.79. The van der Waals surface area contributed by atoms with E-state index in [1.165, 1.54) is 4.88 Å². The zero-order chi connectivity index (χ0) is 16.1. The van der Waals surface area contributed by atoms with Gasteiger partial charge in [-0.05, 0) is 19.3 Å². The number of amides is 3. The molecule has 0 aromatic carbocycles. The molecule has 0 unspecified atom stereocenters. The molecule has 7 heteroatoms. The number of aryl methyl sites for hydroxylation is 2. The van der Waals surface area contributed by atoms with Gasteiger partial charge in [-0.2, -0.15) is 0 Å². The number of anilines is 1. The lowest BCUT2D eigenvalue weighted by Crippen LogP contribution is -2.49. The van der Waals surface area contributed by atoms with Crippen molar-refractivity contribution in [1.29, 1.82) is 0 Å². The summed E-state index contributed by atoms with van der Waals surface area (Å²) >= 11 is 1.54. The van der Waals surface area contributed by atoms with E-state index in [2.05, 4.69) is 29.5 Å². The summed E-state index contributed by atoms with van der Waals surface area (Å²) in [6.07, 6.45) is 4.10. The Labute approximate surface area is 135 Å². The second-order valence-corrected chi connectivity index (χ2v) is 6.68. The van der Waals surface area contributed by atoms with Crippen molar-refractivity contribution in [2.45, 2.75) is 52.0 Å². The molecule has 0 saturated carbocycles. The van der Waals surface area contributed by atoms with Gasteiger partial charge in [0.05, 0.1) is 5.69 Å². The van der Waals surface area contributed by atoms with Crippen LogP contribution in [0.2, 0.25) is 0 Å². The van der Waals surface area contributed by atoms with Gasteiger partial charge in [0.15, 0.2) is 5.13 Å². The Kier molecular flexibility index (Phi) is 5.76. The van der Waals surface area contributed by atoms with Gasteiger partial charge in [0.25, 0.3) is 0 Å². The molecular formula is C15H24N4O2S. The van der Waals surface area contributed by atoms with Gasteiger partial charge in [-0.1, -0.05) is 20.3 Å². The summed E-state index contributed by atoms with van der Waals surface area (Å²) in [6, 6.07) is -0.240. The smallest absolute Gasteiger partial charge is 0.321 e. The van der Waals surface area contributed by atoms with Gasteiger partial charge in [-0.15, -0.1) is 11.3 Å². The molecule has 1 saturated heterocycles. The molecule has 0 bridgehead atoms. The average Bonchev–Trinajstić information content (AvgIpc) is 2.85. The highest BCUT2D eigenvalue weighted by Crippen LogP contribution is 2.24. The van der Waals surface area contributed by atoms with Crippen LogP contribution in [-0.4, -0.2) is 41.5 Å². The van der Waals surface area contributed by atoms with Crippen LogP contribution in [0.3, 0.4) is 0 Å². The molecule has 1 aromatic rings. The average molecular weight is 324 g/mol. The molecule has 1 fully saturated rings. The van der Waals surface area contributed by atoms with Gasteiger partial charge in [-0.3, -0.25) is 10.1 Å². The Bertz CT molecular complexity index is 544. The van der Waals surface area contributed by atoms with Gasteiger partial charge in [0.2, 0.25) is 5.91 Å². The topological polar surface area (TPSA) is 74.3 Å². The van der Waals surface area contributed by atoms with Gasteiger partial charge < -0.3 is 10.2 Å². The molecule has 22 heavy (non-hydrogen) atoms. The molecule has 0 aliphatic carbocycles. The molecule has 1 atom stereocenters. The second-order valence-electron chi connectivity index (χ2n) is 5.60. The van der Waals surface area contributed by atoms with Crippen LogP contribution in [0.25, 0.3) is 0 Å². The van der Waals surface area contributed by atoms with Crippen LogP contribution < -0.4 is 10.6 Å². The molecule has 122 valence electrons. The minimum atomic E-state index is -0.243. The van der Waals surface area contributed by atoms with E-state index >= 15 is 0 Å². The van der Waals surface area contributed by atoms with Gasteiger partial charge in [-0.25, -0.2) is 9.78 Å². The minimum absolute atomic E-state index is 0.00317. The third-order valence-electron chi connectivity index (χ3n) is 3.77. The van der Waals surface area contributed by atoms with Crippen molar-refractivity contribution in [1.82, 2.24) is 15.2 Å². The van der Waals surface area contributed by atoms with Crippen LogP contribution in [0.5, 0.6) is 0 Å². The number of piperidine rings is 1. The zero-order valence-corrected chi connectivity index (χ0v) is 14.3. The second kappa shape index (κ2) is 7.58. The fourth-order valence-electron chi connectivity index (χ4n) is 2.59. The maximum Gasteiger partial charge on any atom is 0.321 e. The molecule has 0 radical (unpaired) electrons. The van der Waals surface area contributed by atoms with Crippen molar-refractivity contribution in [2.24, 2.45) is 0 Å². The van der Waals surface area contributed by atoms with Crippen LogP contribution >= 0.6 is 11.3 Å². The Morgan fingerprint density at radius 3 is 2.86 bits per heavy atom. The molecule has 2 heterocycles. The first kappa shape index (κ1) is 16.7. The fourth-order valence-corrected chi connectivity index (χ4v) is 3.54. The van der Waals surface area contributed by atoms with Gasteiger partial charge in [0, 0.05) is 30.9 Å². The van der Waals surface area contributed by atoms with E-state index < -0.39 is 0 Å². The third kappa shape index (κ3) is 4.19. The number of carbonyl (C=O) groups is 2. The highest BCUT2D eigenvalue weighted by Gasteiger charge is 2.24. The minimum Gasteiger partial charge on any atom is -0.344 e. The number of likely N-dealkylation sites (N-methyl/N-ethyl adjacent to an activating group) is 1. The molecule has 0 spiro atoms. The number of aromatic nitrogens is 1. The molecule has 2 N–H and O–H groups in total. The Hall–Kier alpha value is -1.63. The third-order valence-corrected chi connectivity index (χ3v) is 4.93. The van der Waals surface area contributed by atoms with E-state index in [1.807, 2.05) is 0 Å². The number of nitrogens with one attached hydrogen (secondary N) is 2. The van der Waals surface area contributed by atoms with Crippen LogP contribution in [0, 0.1) is 0 Å². The van der Waals surface area contributed by atoms with Crippen LogP contribution in [-0.2, 0) is 17.6 Å². The van der Waals surface area contributed by atoms with Crippen molar-refractivity contribution in [2.75, 3.05) is 18.9 Å². The van der Waals surface area contributed by atoms with E-state index in [9.17, 15) is 9.59 Å². The SMILES string of the molecule is CCCc1nc(NC(=O)N[C@H]2CCC(=O)N(C)C2)sc1CC. The van der Waals surface area contributed by atoms with Crippen LogP contribution in [0.4, 0.5) is 9.93 Å². The number of nitrogens with zero attached hydrogens (tertiary/aromatic N) is 2. The predicted molar refractivity (Wildman–Crippen MR) is 88.3 cm³/mol. The standard InChI is InChI=1S/C15H24N4O2S/c1-4-6-11-12(5-2)22-15(17-11)18-14(21)16-10-7-8-13(20)19(3)9-10/h10H,4-9H2,1-3H3,(H2,16,17,18,21)/t10-/m0/s1.